The lowest BCUT2D eigenvalue weighted by molar-refractivity contribution is -0.0244. The third kappa shape index (κ3) is 2.69. The molecule has 1 saturated heterocycles. The summed E-state index contributed by atoms with van der Waals surface area (Å²) in [6.07, 6.45) is 16.9. The van der Waals surface area contributed by atoms with Gasteiger partial charge >= 0.3 is 0 Å². The molecule has 0 aromatic carbocycles. The van der Waals surface area contributed by atoms with Crippen molar-refractivity contribution in [2.75, 3.05) is 19.7 Å². The number of rotatable bonds is 4. The Morgan fingerprint density at radius 1 is 1.05 bits per heavy atom. The highest BCUT2D eigenvalue weighted by Gasteiger charge is 2.49. The molecule has 2 heteroatoms. The molecule has 1 heterocycles. The summed E-state index contributed by atoms with van der Waals surface area (Å²) in [5, 5.41) is 3.42. The van der Waals surface area contributed by atoms with Crippen LogP contribution >= 0.6 is 0 Å². The molecule has 20 heavy (non-hydrogen) atoms. The van der Waals surface area contributed by atoms with Gasteiger partial charge in [-0.15, -0.1) is 0 Å². The van der Waals surface area contributed by atoms with E-state index in [1.54, 1.807) is 0 Å². The van der Waals surface area contributed by atoms with Crippen molar-refractivity contribution in [2.45, 2.75) is 57.5 Å². The van der Waals surface area contributed by atoms with Crippen molar-refractivity contribution in [3.05, 3.63) is 12.2 Å². The Bertz CT molecular complexity index is 334. The number of nitrogens with one attached hydrogen (secondary N) is 1. The Labute approximate surface area is 123 Å². The van der Waals surface area contributed by atoms with Gasteiger partial charge in [0.25, 0.3) is 0 Å². The molecule has 0 aromatic rings. The fraction of sp³-hybridized carbons (Fsp3) is 0.889. The molecule has 2 nitrogen and oxygen atoms in total. The van der Waals surface area contributed by atoms with E-state index in [2.05, 4.69) is 17.5 Å². The van der Waals surface area contributed by atoms with Crippen molar-refractivity contribution >= 4 is 0 Å². The second-order valence-electron chi connectivity index (χ2n) is 7.98. The molecule has 4 saturated carbocycles. The van der Waals surface area contributed by atoms with Crippen molar-refractivity contribution in [1.82, 2.24) is 5.32 Å². The molecule has 0 amide bonds. The normalized spacial score (nSPS) is 47.2. The van der Waals surface area contributed by atoms with Gasteiger partial charge in [-0.2, -0.15) is 0 Å². The lowest BCUT2D eigenvalue weighted by Crippen LogP contribution is -2.45. The number of allylic oxidation sites excluding steroid dienone is 1. The molecule has 1 aliphatic heterocycles. The molecule has 5 rings (SSSR count). The lowest BCUT2D eigenvalue weighted by Gasteiger charge is -2.55. The Balaban J connectivity index is 1.31. The number of hydrogen-bond acceptors (Lipinski definition) is 2. The topological polar surface area (TPSA) is 21.3 Å². The Hall–Kier alpha value is -0.340. The summed E-state index contributed by atoms with van der Waals surface area (Å²) in [5.41, 5.74) is 0.572. The van der Waals surface area contributed by atoms with Gasteiger partial charge in [0, 0.05) is 6.54 Å². The molecule has 0 radical (unpaired) electrons. The van der Waals surface area contributed by atoms with Crippen LogP contribution in [0.4, 0.5) is 0 Å². The van der Waals surface area contributed by atoms with Crippen molar-refractivity contribution in [3.8, 4) is 0 Å². The van der Waals surface area contributed by atoms with E-state index in [1.807, 2.05) is 0 Å². The van der Waals surface area contributed by atoms with E-state index >= 15 is 0 Å². The average Bonchev–Trinajstić information content (AvgIpc) is 2.43. The largest absolute Gasteiger partial charge is 0.373 e. The molecule has 0 spiro atoms. The molecular weight excluding hydrogens is 246 g/mol. The van der Waals surface area contributed by atoms with E-state index in [1.165, 1.54) is 57.9 Å². The summed E-state index contributed by atoms with van der Waals surface area (Å²) in [4.78, 5) is 0. The molecule has 5 fully saturated rings. The zero-order valence-corrected chi connectivity index (χ0v) is 12.7. The Kier molecular flexibility index (Phi) is 3.64. The third-order valence-electron chi connectivity index (χ3n) is 6.24. The van der Waals surface area contributed by atoms with E-state index in [4.69, 9.17) is 4.74 Å². The van der Waals surface area contributed by atoms with Gasteiger partial charge in [0.2, 0.25) is 0 Å². The van der Waals surface area contributed by atoms with Crippen LogP contribution in [-0.2, 0) is 4.74 Å². The molecule has 4 aliphatic carbocycles. The summed E-state index contributed by atoms with van der Waals surface area (Å²) in [6, 6.07) is 0. The maximum absolute atomic E-state index is 6.00. The lowest BCUT2D eigenvalue weighted by atomic mass is 9.49. The van der Waals surface area contributed by atoms with Gasteiger partial charge in [-0.05, 0) is 81.1 Å². The average molecular weight is 275 g/mol. The van der Waals surface area contributed by atoms with E-state index in [0.29, 0.717) is 11.5 Å². The van der Waals surface area contributed by atoms with Gasteiger partial charge in [0.15, 0.2) is 0 Å². The highest BCUT2D eigenvalue weighted by atomic mass is 16.5. The highest BCUT2D eigenvalue weighted by molar-refractivity contribution is 5.10. The monoisotopic (exact) mass is 275 g/mol. The van der Waals surface area contributed by atoms with Crippen molar-refractivity contribution in [2.24, 2.45) is 23.2 Å². The molecule has 5 aliphatic rings. The molecule has 112 valence electrons. The van der Waals surface area contributed by atoms with Gasteiger partial charge in [-0.3, -0.25) is 0 Å². The Morgan fingerprint density at radius 2 is 1.75 bits per heavy atom. The molecule has 1 atom stereocenters. The van der Waals surface area contributed by atoms with Crippen LogP contribution in [0.3, 0.4) is 0 Å². The van der Waals surface area contributed by atoms with Gasteiger partial charge in [0.05, 0.1) is 12.7 Å². The predicted octanol–water partition coefficient (Wildman–Crippen LogP) is 3.53. The smallest absolute Gasteiger partial charge is 0.0704 e. The van der Waals surface area contributed by atoms with Crippen LogP contribution in [0.1, 0.15) is 51.4 Å². The minimum Gasteiger partial charge on any atom is -0.373 e. The van der Waals surface area contributed by atoms with Crippen LogP contribution in [0.15, 0.2) is 12.2 Å². The van der Waals surface area contributed by atoms with Gasteiger partial charge in [-0.25, -0.2) is 0 Å². The van der Waals surface area contributed by atoms with Crippen molar-refractivity contribution in [3.63, 3.8) is 0 Å². The standard InChI is InChI=1S/C18H29NO/c1-3-17(13-19-5-1)20-6-2-4-18-10-14-7-15(11-18)9-16(8-14)12-18/h2,4,14-17,19H,1,3,5-13H2/b4-2+. The molecule has 1 unspecified atom stereocenters. The maximum Gasteiger partial charge on any atom is 0.0704 e. The van der Waals surface area contributed by atoms with Crippen LogP contribution in [0.2, 0.25) is 0 Å². The number of piperidine rings is 1. The first-order valence-corrected chi connectivity index (χ1v) is 8.81. The summed E-state index contributed by atoms with van der Waals surface area (Å²) in [6.45, 7) is 3.04. The van der Waals surface area contributed by atoms with Crippen LogP contribution in [0.25, 0.3) is 0 Å². The SMILES string of the molecule is C(=C\C12CC3CC(CC(C3)C1)C2)/COC1CCCNC1. The van der Waals surface area contributed by atoms with E-state index in [9.17, 15) is 0 Å². The van der Waals surface area contributed by atoms with Gasteiger partial charge < -0.3 is 10.1 Å². The fourth-order valence-corrected chi connectivity index (χ4v) is 5.83. The van der Waals surface area contributed by atoms with Crippen LogP contribution < -0.4 is 5.32 Å². The van der Waals surface area contributed by atoms with E-state index < -0.39 is 0 Å². The molecule has 4 bridgehead atoms. The number of ether oxygens (including phenoxy) is 1. The molecular formula is C18H29NO. The Morgan fingerprint density at radius 3 is 2.35 bits per heavy atom. The first-order valence-electron chi connectivity index (χ1n) is 8.81. The zero-order valence-electron chi connectivity index (χ0n) is 12.7. The summed E-state index contributed by atoms with van der Waals surface area (Å²) < 4.78 is 6.00. The minimum atomic E-state index is 0.449. The van der Waals surface area contributed by atoms with Crippen LogP contribution in [-0.4, -0.2) is 25.8 Å². The van der Waals surface area contributed by atoms with Gasteiger partial charge in [0.1, 0.15) is 0 Å². The second kappa shape index (κ2) is 5.46. The minimum absolute atomic E-state index is 0.449. The summed E-state index contributed by atoms with van der Waals surface area (Å²) in [7, 11) is 0. The third-order valence-corrected chi connectivity index (χ3v) is 6.24. The van der Waals surface area contributed by atoms with Gasteiger partial charge in [-0.1, -0.05) is 12.2 Å². The van der Waals surface area contributed by atoms with E-state index in [0.717, 1.165) is 30.9 Å². The predicted molar refractivity (Wildman–Crippen MR) is 81.6 cm³/mol. The molecule has 0 aromatic heterocycles. The van der Waals surface area contributed by atoms with Crippen molar-refractivity contribution in [1.29, 1.82) is 0 Å². The summed E-state index contributed by atoms with van der Waals surface area (Å²) >= 11 is 0. The molecule has 1 N–H and O–H groups in total. The fourth-order valence-electron chi connectivity index (χ4n) is 5.83. The summed E-state index contributed by atoms with van der Waals surface area (Å²) in [5.74, 6) is 3.15. The van der Waals surface area contributed by atoms with Crippen LogP contribution in [0, 0.1) is 23.2 Å². The first-order chi connectivity index (χ1) is 9.81. The number of hydrogen-bond donors (Lipinski definition) is 1. The first kappa shape index (κ1) is 13.3. The zero-order chi connectivity index (χ0) is 13.4. The highest BCUT2D eigenvalue weighted by Crippen LogP contribution is 2.60. The maximum atomic E-state index is 6.00. The quantitative estimate of drug-likeness (QED) is 0.793. The van der Waals surface area contributed by atoms with E-state index in [-0.39, 0.29) is 0 Å². The van der Waals surface area contributed by atoms with Crippen molar-refractivity contribution < 1.29 is 4.74 Å². The van der Waals surface area contributed by atoms with Crippen LogP contribution in [0.5, 0.6) is 0 Å². The second-order valence-corrected chi connectivity index (χ2v) is 7.98.